The van der Waals surface area contributed by atoms with Crippen LogP contribution in [0.2, 0.25) is 0 Å². The summed E-state index contributed by atoms with van der Waals surface area (Å²) in [4.78, 5) is 35.5. The summed E-state index contributed by atoms with van der Waals surface area (Å²) < 4.78 is 11.0. The van der Waals surface area contributed by atoms with Gasteiger partial charge in [-0.15, -0.1) is 0 Å². The quantitative estimate of drug-likeness (QED) is 0.566. The van der Waals surface area contributed by atoms with Gasteiger partial charge in [0.05, 0.1) is 26.2 Å². The summed E-state index contributed by atoms with van der Waals surface area (Å²) in [5.41, 5.74) is 1.90. The Labute approximate surface area is 214 Å². The predicted molar refractivity (Wildman–Crippen MR) is 138 cm³/mol. The molecule has 2 aliphatic heterocycles. The molecule has 2 aliphatic rings. The minimum atomic E-state index is -0.610. The van der Waals surface area contributed by atoms with Crippen molar-refractivity contribution in [3.05, 3.63) is 53.3 Å². The smallest absolute Gasteiger partial charge is 0.254 e. The number of fused-ring (bicyclic) bond motifs is 1. The highest BCUT2D eigenvalue weighted by Crippen LogP contribution is 2.45. The van der Waals surface area contributed by atoms with E-state index < -0.39 is 12.0 Å². The summed E-state index contributed by atoms with van der Waals surface area (Å²) in [7, 11) is 4.82. The standard InChI is InChI=1S/C28H38N4O4/c1-18-12-19(2)17-32(16-18)11-7-10-30-27(33)25-21-13-23(35-4)24(36-5)14-22(21)28(34)31(3)26(25)20-8-6-9-29-15-20/h6,8-9,13-15,18-19,25-26H,7,10-12,16-17H2,1-5H3,(H,30,33). The highest BCUT2D eigenvalue weighted by atomic mass is 16.5. The fourth-order valence-corrected chi connectivity index (χ4v) is 5.90. The predicted octanol–water partition coefficient (Wildman–Crippen LogP) is 3.49. The highest BCUT2D eigenvalue weighted by molar-refractivity contribution is 6.02. The van der Waals surface area contributed by atoms with E-state index in [0.29, 0.717) is 41.0 Å². The van der Waals surface area contributed by atoms with Gasteiger partial charge in [-0.25, -0.2) is 0 Å². The van der Waals surface area contributed by atoms with Gasteiger partial charge in [0.1, 0.15) is 0 Å². The van der Waals surface area contributed by atoms with Crippen LogP contribution in [0.3, 0.4) is 0 Å². The number of nitrogens with one attached hydrogen (secondary N) is 1. The van der Waals surface area contributed by atoms with E-state index in [1.54, 1.807) is 43.6 Å². The van der Waals surface area contributed by atoms with Crippen molar-refractivity contribution in [3.8, 4) is 11.5 Å². The van der Waals surface area contributed by atoms with Gasteiger partial charge < -0.3 is 24.6 Å². The fourth-order valence-electron chi connectivity index (χ4n) is 5.90. The van der Waals surface area contributed by atoms with Gasteiger partial charge in [-0.2, -0.15) is 0 Å². The monoisotopic (exact) mass is 494 g/mol. The van der Waals surface area contributed by atoms with Crippen LogP contribution in [0.25, 0.3) is 0 Å². The topological polar surface area (TPSA) is 84.0 Å². The molecule has 1 saturated heterocycles. The third-order valence-electron chi connectivity index (χ3n) is 7.38. The molecular weight excluding hydrogens is 456 g/mol. The summed E-state index contributed by atoms with van der Waals surface area (Å²) in [5.74, 6) is 1.48. The van der Waals surface area contributed by atoms with Gasteiger partial charge in [0.15, 0.2) is 11.5 Å². The number of carbonyl (C=O) groups excluding carboxylic acids is 2. The van der Waals surface area contributed by atoms with Gasteiger partial charge >= 0.3 is 0 Å². The number of hydrogen-bond donors (Lipinski definition) is 1. The number of piperidine rings is 1. The summed E-state index contributed by atoms with van der Waals surface area (Å²) in [6, 6.07) is 6.69. The third-order valence-corrected chi connectivity index (χ3v) is 7.38. The Kier molecular flexibility index (Phi) is 8.14. The maximum atomic E-state index is 13.8. The Morgan fingerprint density at radius 3 is 2.47 bits per heavy atom. The van der Waals surface area contributed by atoms with Gasteiger partial charge in [0.25, 0.3) is 5.91 Å². The number of likely N-dealkylation sites (tertiary alicyclic amines) is 1. The van der Waals surface area contributed by atoms with Gasteiger partial charge in [-0.1, -0.05) is 19.9 Å². The number of nitrogens with zero attached hydrogens (tertiary/aromatic N) is 3. The summed E-state index contributed by atoms with van der Waals surface area (Å²) in [6.45, 7) is 8.40. The molecule has 1 fully saturated rings. The minimum absolute atomic E-state index is 0.114. The van der Waals surface area contributed by atoms with E-state index >= 15 is 0 Å². The Balaban J connectivity index is 1.58. The molecule has 1 N–H and O–H groups in total. The minimum Gasteiger partial charge on any atom is -0.493 e. The van der Waals surface area contributed by atoms with E-state index in [4.69, 9.17) is 9.47 Å². The second-order valence-corrected chi connectivity index (χ2v) is 10.3. The van der Waals surface area contributed by atoms with Crippen LogP contribution in [-0.2, 0) is 4.79 Å². The van der Waals surface area contributed by atoms with E-state index in [1.807, 2.05) is 12.1 Å². The van der Waals surface area contributed by atoms with Crippen molar-refractivity contribution in [2.75, 3.05) is 47.4 Å². The molecule has 4 atom stereocenters. The molecule has 2 aromatic rings. The van der Waals surface area contributed by atoms with Gasteiger partial charge in [-0.05, 0) is 60.5 Å². The normalized spacial score (nSPS) is 24.2. The molecule has 2 amide bonds. The first-order valence-electron chi connectivity index (χ1n) is 12.8. The van der Waals surface area contributed by atoms with E-state index in [0.717, 1.165) is 31.6 Å². The summed E-state index contributed by atoms with van der Waals surface area (Å²) in [6.07, 6.45) is 5.57. The highest BCUT2D eigenvalue weighted by Gasteiger charge is 2.43. The van der Waals surface area contributed by atoms with Crippen LogP contribution in [0.4, 0.5) is 0 Å². The first-order valence-corrected chi connectivity index (χ1v) is 12.8. The number of likely N-dealkylation sites (N-methyl/N-ethyl adjacent to an activating group) is 1. The van der Waals surface area contributed by atoms with E-state index in [2.05, 4.69) is 29.0 Å². The molecule has 8 nitrogen and oxygen atoms in total. The number of benzene rings is 1. The molecule has 4 unspecified atom stereocenters. The van der Waals surface area contributed by atoms with Crippen molar-refractivity contribution in [3.63, 3.8) is 0 Å². The second-order valence-electron chi connectivity index (χ2n) is 10.3. The zero-order valence-electron chi connectivity index (χ0n) is 22.0. The molecule has 194 valence electrons. The first-order chi connectivity index (χ1) is 17.3. The third kappa shape index (κ3) is 5.33. The maximum Gasteiger partial charge on any atom is 0.254 e. The first kappa shape index (κ1) is 25.9. The molecular formula is C28H38N4O4. The lowest BCUT2D eigenvalue weighted by molar-refractivity contribution is -0.124. The van der Waals surface area contributed by atoms with Crippen LogP contribution in [-0.4, -0.2) is 74.0 Å². The second kappa shape index (κ2) is 11.3. The molecule has 36 heavy (non-hydrogen) atoms. The molecule has 0 bridgehead atoms. The molecule has 1 aromatic carbocycles. The van der Waals surface area contributed by atoms with Crippen molar-refractivity contribution in [1.29, 1.82) is 0 Å². The summed E-state index contributed by atoms with van der Waals surface area (Å²) >= 11 is 0. The Morgan fingerprint density at radius 1 is 1.14 bits per heavy atom. The number of rotatable bonds is 8. The number of hydrogen-bond acceptors (Lipinski definition) is 6. The zero-order valence-corrected chi connectivity index (χ0v) is 22.0. The molecule has 0 aliphatic carbocycles. The van der Waals surface area contributed by atoms with E-state index in [-0.39, 0.29) is 11.8 Å². The van der Waals surface area contributed by atoms with Crippen LogP contribution in [0, 0.1) is 11.8 Å². The van der Waals surface area contributed by atoms with Crippen molar-refractivity contribution in [2.45, 2.75) is 38.6 Å². The molecule has 3 heterocycles. The van der Waals surface area contributed by atoms with Crippen molar-refractivity contribution >= 4 is 11.8 Å². The maximum absolute atomic E-state index is 13.8. The number of ether oxygens (including phenoxy) is 2. The number of methoxy groups -OCH3 is 2. The van der Waals surface area contributed by atoms with E-state index in [1.165, 1.54) is 13.5 Å². The lowest BCUT2D eigenvalue weighted by atomic mass is 9.79. The van der Waals surface area contributed by atoms with Crippen LogP contribution < -0.4 is 14.8 Å². The van der Waals surface area contributed by atoms with Crippen LogP contribution in [0.15, 0.2) is 36.7 Å². The Hall–Kier alpha value is -3.13. The lowest BCUT2D eigenvalue weighted by Gasteiger charge is -2.40. The number of aromatic nitrogens is 1. The van der Waals surface area contributed by atoms with Crippen LogP contribution in [0.1, 0.15) is 60.1 Å². The number of amides is 2. The van der Waals surface area contributed by atoms with Crippen LogP contribution >= 0.6 is 0 Å². The molecule has 4 rings (SSSR count). The Morgan fingerprint density at radius 2 is 1.83 bits per heavy atom. The zero-order chi connectivity index (χ0) is 25.8. The molecule has 0 saturated carbocycles. The average Bonchev–Trinajstić information content (AvgIpc) is 2.87. The average molecular weight is 495 g/mol. The van der Waals surface area contributed by atoms with Crippen molar-refractivity contribution in [1.82, 2.24) is 20.1 Å². The van der Waals surface area contributed by atoms with Gasteiger partial charge in [-0.3, -0.25) is 14.6 Å². The molecule has 0 spiro atoms. The van der Waals surface area contributed by atoms with Gasteiger partial charge in [0.2, 0.25) is 5.91 Å². The molecule has 1 aromatic heterocycles. The van der Waals surface area contributed by atoms with Crippen molar-refractivity contribution in [2.24, 2.45) is 11.8 Å². The Bertz CT molecular complexity index is 1070. The van der Waals surface area contributed by atoms with Crippen LogP contribution in [0.5, 0.6) is 11.5 Å². The fraction of sp³-hybridized carbons (Fsp3) is 0.536. The number of pyridine rings is 1. The molecule has 0 radical (unpaired) electrons. The van der Waals surface area contributed by atoms with Crippen molar-refractivity contribution < 1.29 is 19.1 Å². The molecule has 8 heteroatoms. The lowest BCUT2D eigenvalue weighted by Crippen LogP contribution is -2.46. The summed E-state index contributed by atoms with van der Waals surface area (Å²) in [5, 5.41) is 3.16. The van der Waals surface area contributed by atoms with E-state index in [9.17, 15) is 9.59 Å². The number of carbonyl (C=O) groups is 2. The van der Waals surface area contributed by atoms with Gasteiger partial charge in [0, 0.05) is 44.6 Å². The SMILES string of the molecule is COc1cc2c(cc1OC)C(C(=O)NCCCN1CC(C)CC(C)C1)C(c1cccnc1)N(C)C2=O. The largest absolute Gasteiger partial charge is 0.493 e.